The van der Waals surface area contributed by atoms with E-state index in [0.29, 0.717) is 0 Å². The third-order valence-corrected chi connectivity index (χ3v) is 3.89. The summed E-state index contributed by atoms with van der Waals surface area (Å²) in [6.07, 6.45) is 3.82. The summed E-state index contributed by atoms with van der Waals surface area (Å²) in [5, 5.41) is 4.39. The number of aryl methyl sites for hydroxylation is 1. The maximum absolute atomic E-state index is 5.82. The first-order valence-electron chi connectivity index (χ1n) is 6.67. The molecule has 1 unspecified atom stereocenters. The quantitative estimate of drug-likeness (QED) is 0.565. The second-order valence-corrected chi connectivity index (χ2v) is 5.02. The lowest BCUT2D eigenvalue weighted by atomic mass is 9.94. The first-order valence-corrected chi connectivity index (χ1v) is 6.67. The van der Waals surface area contributed by atoms with Crippen molar-refractivity contribution in [1.29, 1.82) is 0 Å². The van der Waals surface area contributed by atoms with Gasteiger partial charge in [0.05, 0.1) is 17.8 Å². The molecule has 0 aliphatic rings. The summed E-state index contributed by atoms with van der Waals surface area (Å²) in [4.78, 5) is 0. The van der Waals surface area contributed by atoms with Crippen LogP contribution >= 0.6 is 0 Å². The van der Waals surface area contributed by atoms with Crippen molar-refractivity contribution in [2.24, 2.45) is 5.84 Å². The van der Waals surface area contributed by atoms with Gasteiger partial charge in [0.15, 0.2) is 0 Å². The van der Waals surface area contributed by atoms with E-state index >= 15 is 0 Å². The van der Waals surface area contributed by atoms with E-state index in [1.807, 2.05) is 29.0 Å². The molecule has 4 heteroatoms. The van der Waals surface area contributed by atoms with Crippen molar-refractivity contribution in [2.75, 3.05) is 0 Å². The number of benzene rings is 1. The Hall–Kier alpha value is -2.17. The fraction of sp³-hybridized carbons (Fsp3) is 0.188. The highest BCUT2D eigenvalue weighted by Gasteiger charge is 2.19. The Balaban J connectivity index is 2.17. The molecule has 3 rings (SSSR count). The summed E-state index contributed by atoms with van der Waals surface area (Å²) < 4.78 is 1.87. The van der Waals surface area contributed by atoms with Gasteiger partial charge in [-0.3, -0.25) is 5.84 Å². The van der Waals surface area contributed by atoms with Crippen molar-refractivity contribution in [3.05, 3.63) is 71.0 Å². The Morgan fingerprint density at radius 3 is 2.75 bits per heavy atom. The number of nitrogens with zero attached hydrogens (tertiary/aromatic N) is 2. The average Bonchev–Trinajstić information content (AvgIpc) is 2.88. The molecule has 0 amide bonds. The number of hydrogen-bond acceptors (Lipinski definition) is 3. The Kier molecular flexibility index (Phi) is 3.26. The number of pyridine rings is 1. The van der Waals surface area contributed by atoms with Crippen molar-refractivity contribution < 1.29 is 0 Å². The second-order valence-electron chi connectivity index (χ2n) is 5.02. The summed E-state index contributed by atoms with van der Waals surface area (Å²) in [6.45, 7) is 4.24. The summed E-state index contributed by atoms with van der Waals surface area (Å²) >= 11 is 0. The zero-order valence-corrected chi connectivity index (χ0v) is 11.7. The van der Waals surface area contributed by atoms with Gasteiger partial charge in [0.2, 0.25) is 0 Å². The van der Waals surface area contributed by atoms with Crippen LogP contribution in [0.1, 0.15) is 28.3 Å². The van der Waals surface area contributed by atoms with Gasteiger partial charge in [0.1, 0.15) is 0 Å². The van der Waals surface area contributed by atoms with E-state index in [9.17, 15) is 0 Å². The Labute approximate surface area is 118 Å². The van der Waals surface area contributed by atoms with Crippen molar-refractivity contribution in [3.8, 4) is 0 Å². The van der Waals surface area contributed by atoms with Gasteiger partial charge in [-0.25, -0.2) is 9.94 Å². The lowest BCUT2D eigenvalue weighted by molar-refractivity contribution is 0.637. The monoisotopic (exact) mass is 266 g/mol. The minimum Gasteiger partial charge on any atom is -0.271 e. The largest absolute Gasteiger partial charge is 0.271 e. The van der Waals surface area contributed by atoms with Gasteiger partial charge in [-0.1, -0.05) is 24.3 Å². The minimum atomic E-state index is -0.0604. The van der Waals surface area contributed by atoms with Crippen LogP contribution in [-0.2, 0) is 0 Å². The highest BCUT2D eigenvalue weighted by molar-refractivity contribution is 5.58. The molecule has 0 spiro atoms. The topological polar surface area (TPSA) is 55.3 Å². The molecular formula is C16H18N4. The lowest BCUT2D eigenvalue weighted by Gasteiger charge is -2.19. The maximum Gasteiger partial charge on any atom is 0.0749 e. The Morgan fingerprint density at radius 2 is 1.95 bits per heavy atom. The van der Waals surface area contributed by atoms with E-state index in [4.69, 9.17) is 5.84 Å². The van der Waals surface area contributed by atoms with E-state index in [0.717, 1.165) is 11.1 Å². The third-order valence-electron chi connectivity index (χ3n) is 3.89. The summed E-state index contributed by atoms with van der Waals surface area (Å²) in [7, 11) is 0. The number of fused-ring (bicyclic) bond motifs is 1. The molecule has 0 aliphatic heterocycles. The molecule has 0 bridgehead atoms. The fourth-order valence-electron chi connectivity index (χ4n) is 2.61. The van der Waals surface area contributed by atoms with Gasteiger partial charge >= 0.3 is 0 Å². The molecule has 3 N–H and O–H groups in total. The predicted molar refractivity (Wildman–Crippen MR) is 80.3 cm³/mol. The van der Waals surface area contributed by atoms with Crippen molar-refractivity contribution in [1.82, 2.24) is 15.0 Å². The van der Waals surface area contributed by atoms with Crippen LogP contribution in [0.2, 0.25) is 0 Å². The molecule has 2 aromatic heterocycles. The Morgan fingerprint density at radius 1 is 1.10 bits per heavy atom. The van der Waals surface area contributed by atoms with E-state index in [1.54, 1.807) is 0 Å². The molecular weight excluding hydrogens is 248 g/mol. The van der Waals surface area contributed by atoms with Gasteiger partial charge in [0, 0.05) is 11.8 Å². The normalized spacial score (nSPS) is 12.8. The third kappa shape index (κ3) is 1.99. The molecule has 3 aromatic rings. The molecule has 0 fully saturated rings. The van der Waals surface area contributed by atoms with Crippen molar-refractivity contribution >= 4 is 5.52 Å². The van der Waals surface area contributed by atoms with Crippen LogP contribution in [0.25, 0.3) is 5.52 Å². The van der Waals surface area contributed by atoms with Gasteiger partial charge in [-0.2, -0.15) is 5.10 Å². The van der Waals surface area contributed by atoms with Crippen LogP contribution in [0, 0.1) is 13.8 Å². The lowest BCUT2D eigenvalue weighted by Crippen LogP contribution is -2.29. The fourth-order valence-corrected chi connectivity index (χ4v) is 2.61. The molecule has 0 aliphatic carbocycles. The average molecular weight is 266 g/mol. The van der Waals surface area contributed by atoms with E-state index in [1.165, 1.54) is 16.7 Å². The SMILES string of the molecule is Cc1cccc(C(NN)c2cnn3ccccc23)c1C. The van der Waals surface area contributed by atoms with Crippen molar-refractivity contribution in [2.45, 2.75) is 19.9 Å². The molecule has 1 atom stereocenters. The zero-order valence-electron chi connectivity index (χ0n) is 11.7. The molecule has 1 aromatic carbocycles. The summed E-state index contributed by atoms with van der Waals surface area (Å²) in [6, 6.07) is 12.3. The molecule has 20 heavy (non-hydrogen) atoms. The number of hydrogen-bond donors (Lipinski definition) is 2. The van der Waals surface area contributed by atoms with Crippen LogP contribution in [0.3, 0.4) is 0 Å². The molecule has 4 nitrogen and oxygen atoms in total. The van der Waals surface area contributed by atoms with Crippen LogP contribution in [0.15, 0.2) is 48.8 Å². The smallest absolute Gasteiger partial charge is 0.0749 e. The van der Waals surface area contributed by atoms with E-state index < -0.39 is 0 Å². The van der Waals surface area contributed by atoms with Gasteiger partial charge < -0.3 is 0 Å². The number of rotatable bonds is 3. The van der Waals surface area contributed by atoms with Gasteiger partial charge in [-0.05, 0) is 42.7 Å². The standard InChI is InChI=1S/C16H18N4/c1-11-6-5-7-13(12(11)2)16(19-17)14-10-18-20-9-4-3-8-15(14)20/h3-10,16,19H,17H2,1-2H3. The summed E-state index contributed by atoms with van der Waals surface area (Å²) in [5.74, 6) is 5.82. The van der Waals surface area contributed by atoms with Crippen LogP contribution in [0.4, 0.5) is 0 Å². The Bertz CT molecular complexity index is 745. The number of nitrogens with one attached hydrogen (secondary N) is 1. The molecule has 102 valence electrons. The van der Waals surface area contributed by atoms with Gasteiger partial charge in [0.25, 0.3) is 0 Å². The summed E-state index contributed by atoms with van der Waals surface area (Å²) in [5.41, 5.74) is 8.78. The highest BCUT2D eigenvalue weighted by atomic mass is 15.3. The van der Waals surface area contributed by atoms with E-state index in [2.05, 4.69) is 48.6 Å². The highest BCUT2D eigenvalue weighted by Crippen LogP contribution is 2.28. The molecule has 0 radical (unpaired) electrons. The van der Waals surface area contributed by atoms with Crippen molar-refractivity contribution in [3.63, 3.8) is 0 Å². The van der Waals surface area contributed by atoms with E-state index in [-0.39, 0.29) is 6.04 Å². The first-order chi connectivity index (χ1) is 9.72. The number of aromatic nitrogens is 2. The second kappa shape index (κ2) is 5.07. The minimum absolute atomic E-state index is 0.0604. The van der Waals surface area contributed by atoms with Crippen LogP contribution < -0.4 is 11.3 Å². The van der Waals surface area contributed by atoms with Crippen LogP contribution in [0.5, 0.6) is 0 Å². The van der Waals surface area contributed by atoms with Crippen LogP contribution in [-0.4, -0.2) is 9.61 Å². The molecule has 0 saturated heterocycles. The predicted octanol–water partition coefficient (Wildman–Crippen LogP) is 2.50. The maximum atomic E-state index is 5.82. The van der Waals surface area contributed by atoms with Gasteiger partial charge in [-0.15, -0.1) is 0 Å². The number of nitrogens with two attached hydrogens (primary N) is 1. The zero-order chi connectivity index (χ0) is 14.1. The molecule has 2 heterocycles. The molecule has 0 saturated carbocycles. The first kappa shape index (κ1) is 12.8. The number of hydrazine groups is 1.